The molecule has 1 rings (SSSR count). The van der Waals surface area contributed by atoms with Crippen LogP contribution in [0.5, 0.6) is 0 Å². The molecule has 0 aromatic rings. The van der Waals surface area contributed by atoms with Gasteiger partial charge in [0, 0.05) is 13.1 Å². The van der Waals surface area contributed by atoms with Crippen molar-refractivity contribution >= 4 is 0 Å². The Hall–Kier alpha value is -0.0800. The summed E-state index contributed by atoms with van der Waals surface area (Å²) in [7, 11) is 0. The predicted octanol–water partition coefficient (Wildman–Crippen LogP) is 2.19. The molecule has 0 saturated carbocycles. The van der Waals surface area contributed by atoms with E-state index in [9.17, 15) is 0 Å². The Morgan fingerprint density at radius 1 is 1.31 bits per heavy atom. The first-order chi connectivity index (χ1) is 5.97. The van der Waals surface area contributed by atoms with E-state index in [0.717, 1.165) is 13.1 Å². The molecule has 13 heavy (non-hydrogen) atoms. The van der Waals surface area contributed by atoms with Gasteiger partial charge in [0.25, 0.3) is 0 Å². The molecule has 2 unspecified atom stereocenters. The van der Waals surface area contributed by atoms with Crippen molar-refractivity contribution in [2.24, 2.45) is 5.41 Å². The van der Waals surface area contributed by atoms with Gasteiger partial charge in [-0.15, -0.1) is 0 Å². The van der Waals surface area contributed by atoms with E-state index in [1.165, 1.54) is 12.8 Å². The van der Waals surface area contributed by atoms with Gasteiger partial charge in [0.05, 0.1) is 12.2 Å². The van der Waals surface area contributed by atoms with Crippen LogP contribution in [0, 0.1) is 5.41 Å². The van der Waals surface area contributed by atoms with Gasteiger partial charge < -0.3 is 10.1 Å². The second-order valence-electron chi connectivity index (χ2n) is 5.34. The molecule has 0 bridgehead atoms. The van der Waals surface area contributed by atoms with Crippen LogP contribution in [0.4, 0.5) is 0 Å². The molecular weight excluding hydrogens is 162 g/mol. The van der Waals surface area contributed by atoms with Crippen molar-refractivity contribution in [1.29, 1.82) is 0 Å². The van der Waals surface area contributed by atoms with Crippen molar-refractivity contribution in [3.05, 3.63) is 0 Å². The molecule has 2 heteroatoms. The third-order valence-electron chi connectivity index (χ3n) is 2.35. The Morgan fingerprint density at radius 2 is 2.00 bits per heavy atom. The number of nitrogens with one attached hydrogen (secondary N) is 1. The van der Waals surface area contributed by atoms with Crippen molar-refractivity contribution in [2.45, 2.75) is 52.7 Å². The average molecular weight is 185 g/mol. The van der Waals surface area contributed by atoms with Gasteiger partial charge in [-0.2, -0.15) is 0 Å². The Balaban J connectivity index is 2.07. The molecule has 1 aliphatic heterocycles. The minimum Gasteiger partial charge on any atom is -0.374 e. The van der Waals surface area contributed by atoms with Gasteiger partial charge in [0.1, 0.15) is 0 Å². The molecule has 1 aliphatic rings. The van der Waals surface area contributed by atoms with Crippen LogP contribution in [-0.2, 0) is 4.74 Å². The van der Waals surface area contributed by atoms with E-state index < -0.39 is 0 Å². The van der Waals surface area contributed by atoms with Crippen LogP contribution in [0.15, 0.2) is 0 Å². The molecular formula is C11H23NO. The maximum atomic E-state index is 5.71. The maximum Gasteiger partial charge on any atom is 0.0704 e. The van der Waals surface area contributed by atoms with Crippen molar-refractivity contribution < 1.29 is 4.74 Å². The van der Waals surface area contributed by atoms with Crippen LogP contribution in [0.1, 0.15) is 40.5 Å². The molecule has 1 fully saturated rings. The first-order valence-corrected chi connectivity index (χ1v) is 5.33. The Morgan fingerprint density at radius 3 is 2.46 bits per heavy atom. The van der Waals surface area contributed by atoms with Crippen LogP contribution in [0.3, 0.4) is 0 Å². The molecule has 0 aromatic heterocycles. The lowest BCUT2D eigenvalue weighted by molar-refractivity contribution is 0.0549. The standard InChI is InChI=1S/C11H23NO/c1-9-5-6-10(13-9)7-12-8-11(2,3)4/h9-10,12H,5-8H2,1-4H3. The minimum atomic E-state index is 0.379. The van der Waals surface area contributed by atoms with Crippen molar-refractivity contribution in [3.63, 3.8) is 0 Å². The second-order valence-corrected chi connectivity index (χ2v) is 5.34. The van der Waals surface area contributed by atoms with Crippen LogP contribution in [0.2, 0.25) is 0 Å². The van der Waals surface area contributed by atoms with Crippen LogP contribution >= 0.6 is 0 Å². The van der Waals surface area contributed by atoms with E-state index in [2.05, 4.69) is 33.0 Å². The van der Waals surface area contributed by atoms with Gasteiger partial charge in [-0.25, -0.2) is 0 Å². The third kappa shape index (κ3) is 4.63. The summed E-state index contributed by atoms with van der Waals surface area (Å²) >= 11 is 0. The molecule has 0 aromatic carbocycles. The predicted molar refractivity (Wildman–Crippen MR) is 55.9 cm³/mol. The fraction of sp³-hybridized carbons (Fsp3) is 1.00. The molecule has 0 aliphatic carbocycles. The van der Waals surface area contributed by atoms with Crippen molar-refractivity contribution in [1.82, 2.24) is 5.32 Å². The highest BCUT2D eigenvalue weighted by atomic mass is 16.5. The van der Waals surface area contributed by atoms with Crippen LogP contribution < -0.4 is 5.32 Å². The summed E-state index contributed by atoms with van der Waals surface area (Å²) < 4.78 is 5.71. The van der Waals surface area contributed by atoms with Crippen LogP contribution in [0.25, 0.3) is 0 Å². The lowest BCUT2D eigenvalue weighted by Gasteiger charge is -2.20. The summed E-state index contributed by atoms with van der Waals surface area (Å²) in [4.78, 5) is 0. The molecule has 1 heterocycles. The number of hydrogen-bond donors (Lipinski definition) is 1. The lowest BCUT2D eigenvalue weighted by atomic mass is 9.97. The van der Waals surface area contributed by atoms with Gasteiger partial charge in [0.15, 0.2) is 0 Å². The topological polar surface area (TPSA) is 21.3 Å². The molecule has 0 radical (unpaired) electrons. The highest BCUT2D eigenvalue weighted by molar-refractivity contribution is 4.74. The fourth-order valence-corrected chi connectivity index (χ4v) is 1.64. The maximum absolute atomic E-state index is 5.71. The SMILES string of the molecule is CC1CCC(CNCC(C)(C)C)O1. The van der Waals surface area contributed by atoms with E-state index in [0.29, 0.717) is 17.6 Å². The Labute approximate surface area is 82.0 Å². The molecule has 78 valence electrons. The van der Waals surface area contributed by atoms with E-state index in [4.69, 9.17) is 4.74 Å². The van der Waals surface area contributed by atoms with E-state index in [-0.39, 0.29) is 0 Å². The highest BCUT2D eigenvalue weighted by Gasteiger charge is 2.21. The quantitative estimate of drug-likeness (QED) is 0.727. The molecule has 2 atom stereocenters. The number of ether oxygens (including phenoxy) is 1. The first kappa shape index (κ1) is 11.0. The summed E-state index contributed by atoms with van der Waals surface area (Å²) in [6.45, 7) is 11.0. The minimum absolute atomic E-state index is 0.379. The number of hydrogen-bond acceptors (Lipinski definition) is 2. The normalized spacial score (nSPS) is 29.5. The zero-order chi connectivity index (χ0) is 9.90. The average Bonchev–Trinajstić information content (AvgIpc) is 2.33. The Bertz CT molecular complexity index is 151. The molecule has 0 amide bonds. The first-order valence-electron chi connectivity index (χ1n) is 5.33. The molecule has 1 N–H and O–H groups in total. The van der Waals surface area contributed by atoms with Crippen molar-refractivity contribution in [2.75, 3.05) is 13.1 Å². The summed E-state index contributed by atoms with van der Waals surface area (Å²) in [5.41, 5.74) is 0.379. The summed E-state index contributed by atoms with van der Waals surface area (Å²) in [6.07, 6.45) is 3.37. The molecule has 2 nitrogen and oxygen atoms in total. The zero-order valence-electron chi connectivity index (χ0n) is 9.39. The van der Waals surface area contributed by atoms with Crippen molar-refractivity contribution in [3.8, 4) is 0 Å². The largest absolute Gasteiger partial charge is 0.374 e. The van der Waals surface area contributed by atoms with Gasteiger partial charge in [-0.3, -0.25) is 0 Å². The summed E-state index contributed by atoms with van der Waals surface area (Å²) in [6, 6.07) is 0. The molecule has 0 spiro atoms. The third-order valence-corrected chi connectivity index (χ3v) is 2.35. The highest BCUT2D eigenvalue weighted by Crippen LogP contribution is 2.18. The zero-order valence-corrected chi connectivity index (χ0v) is 9.39. The van der Waals surface area contributed by atoms with Gasteiger partial charge in [-0.1, -0.05) is 20.8 Å². The number of rotatable bonds is 3. The Kier molecular flexibility index (Phi) is 3.74. The van der Waals surface area contributed by atoms with E-state index in [1.54, 1.807) is 0 Å². The van der Waals surface area contributed by atoms with Gasteiger partial charge in [0.2, 0.25) is 0 Å². The fourth-order valence-electron chi connectivity index (χ4n) is 1.64. The van der Waals surface area contributed by atoms with E-state index >= 15 is 0 Å². The van der Waals surface area contributed by atoms with E-state index in [1.807, 2.05) is 0 Å². The van der Waals surface area contributed by atoms with Gasteiger partial charge in [-0.05, 0) is 25.2 Å². The smallest absolute Gasteiger partial charge is 0.0704 e. The lowest BCUT2D eigenvalue weighted by Crippen LogP contribution is -2.33. The molecule has 1 saturated heterocycles. The second kappa shape index (κ2) is 4.43. The van der Waals surface area contributed by atoms with Gasteiger partial charge >= 0.3 is 0 Å². The summed E-state index contributed by atoms with van der Waals surface area (Å²) in [5, 5.41) is 3.46. The summed E-state index contributed by atoms with van der Waals surface area (Å²) in [5.74, 6) is 0. The monoisotopic (exact) mass is 185 g/mol. The van der Waals surface area contributed by atoms with Crippen LogP contribution in [-0.4, -0.2) is 25.3 Å².